The summed E-state index contributed by atoms with van der Waals surface area (Å²) in [5, 5.41) is 5.01. The largest absolute Gasteiger partial charge is 0.383 e. The lowest BCUT2D eigenvalue weighted by atomic mass is 9.91. The van der Waals surface area contributed by atoms with Crippen LogP contribution in [0.3, 0.4) is 0 Å². The van der Waals surface area contributed by atoms with Crippen LogP contribution in [0.25, 0.3) is 10.9 Å². The van der Waals surface area contributed by atoms with Crippen LogP contribution in [-0.2, 0) is 14.3 Å². The van der Waals surface area contributed by atoms with Crippen molar-refractivity contribution in [2.75, 3.05) is 25.2 Å². The van der Waals surface area contributed by atoms with E-state index in [0.717, 1.165) is 21.4 Å². The number of aromatic amines is 1. The highest BCUT2D eigenvalue weighted by atomic mass is 35.5. The fraction of sp³-hybridized carbons (Fsp3) is 0.214. The Balaban J connectivity index is 1.72. The van der Waals surface area contributed by atoms with E-state index < -0.39 is 10.8 Å². The summed E-state index contributed by atoms with van der Waals surface area (Å²) >= 11 is 14.0. The van der Waals surface area contributed by atoms with Crippen molar-refractivity contribution in [1.29, 1.82) is 0 Å². The van der Waals surface area contributed by atoms with E-state index in [1.807, 2.05) is 60.8 Å². The van der Waals surface area contributed by atoms with Crippen molar-refractivity contribution >= 4 is 63.4 Å². The van der Waals surface area contributed by atoms with Gasteiger partial charge in [-0.25, -0.2) is 0 Å². The van der Waals surface area contributed by atoms with E-state index in [1.54, 1.807) is 30.2 Å². The quantitative estimate of drug-likeness (QED) is 0.253. The number of hydrogen-bond donors (Lipinski definition) is 2. The molecule has 2 atom stereocenters. The molecule has 2 N–H and O–H groups in total. The van der Waals surface area contributed by atoms with E-state index in [0.29, 0.717) is 28.9 Å². The predicted octanol–water partition coefficient (Wildman–Crippen LogP) is 6.25. The number of aromatic nitrogens is 1. The van der Waals surface area contributed by atoms with Crippen LogP contribution < -0.4 is 10.2 Å². The van der Waals surface area contributed by atoms with E-state index in [-0.39, 0.29) is 18.2 Å². The molecule has 190 valence electrons. The fourth-order valence-electron chi connectivity index (χ4n) is 4.87. The van der Waals surface area contributed by atoms with Gasteiger partial charge in [-0.3, -0.25) is 9.59 Å². The number of thioether (sulfide) groups is 1. The van der Waals surface area contributed by atoms with Crippen molar-refractivity contribution in [3.05, 3.63) is 94.6 Å². The number of nitrogens with zero attached hydrogens (tertiary/aromatic N) is 1. The van der Waals surface area contributed by atoms with Gasteiger partial charge in [-0.2, -0.15) is 0 Å². The lowest BCUT2D eigenvalue weighted by Crippen LogP contribution is -2.49. The number of methoxy groups -OCH3 is 1. The zero-order valence-electron chi connectivity index (χ0n) is 20.0. The van der Waals surface area contributed by atoms with Gasteiger partial charge in [0.05, 0.1) is 19.1 Å². The Morgan fingerprint density at radius 3 is 2.65 bits per heavy atom. The third-order valence-corrected chi connectivity index (χ3v) is 8.35. The van der Waals surface area contributed by atoms with Gasteiger partial charge in [-0.1, -0.05) is 53.5 Å². The van der Waals surface area contributed by atoms with Crippen LogP contribution in [-0.4, -0.2) is 41.8 Å². The summed E-state index contributed by atoms with van der Waals surface area (Å²) in [4.78, 5) is 33.8. The Morgan fingerprint density at radius 2 is 1.89 bits per heavy atom. The van der Waals surface area contributed by atoms with E-state index in [9.17, 15) is 9.59 Å². The molecule has 1 aromatic heterocycles. The molecule has 0 saturated carbocycles. The fourth-order valence-corrected chi connectivity index (χ4v) is 6.65. The summed E-state index contributed by atoms with van der Waals surface area (Å²) in [5.41, 5.74) is 2.28. The molecule has 0 radical (unpaired) electrons. The summed E-state index contributed by atoms with van der Waals surface area (Å²) in [5.74, 6) is -0.398. The molecule has 4 aromatic rings. The molecule has 6 nitrogen and oxygen atoms in total. The number of nitrogens with one attached hydrogen (secondary N) is 2. The van der Waals surface area contributed by atoms with Crippen molar-refractivity contribution < 1.29 is 14.3 Å². The Kier molecular flexibility index (Phi) is 7.49. The average molecular weight is 554 g/mol. The standard InChI is InChI=1S/C28H25Cl2N3O3S/c1-36-13-12-31-27(35)28(37-21-8-3-2-4-9-21)16-25(34)33(20-7-5-6-18(29)14-20)26(28)23-17-32-24-15-19(30)10-11-22(23)24/h2-11,14-15,17,26,32H,12-13,16H2,1H3,(H,31,35). The number of carbonyl (C=O) groups is 2. The molecule has 1 aliphatic rings. The maximum atomic E-state index is 14.1. The van der Waals surface area contributed by atoms with Crippen molar-refractivity contribution in [3.8, 4) is 0 Å². The predicted molar refractivity (Wildman–Crippen MR) is 150 cm³/mol. The molecule has 1 fully saturated rings. The topological polar surface area (TPSA) is 74.4 Å². The van der Waals surface area contributed by atoms with Gasteiger partial charge in [-0.05, 0) is 42.5 Å². The molecule has 2 unspecified atom stereocenters. The number of amides is 2. The Bertz CT molecular complexity index is 1450. The van der Waals surface area contributed by atoms with E-state index in [4.69, 9.17) is 27.9 Å². The van der Waals surface area contributed by atoms with Crippen LogP contribution in [0, 0.1) is 0 Å². The van der Waals surface area contributed by atoms with Gasteiger partial charge < -0.3 is 19.9 Å². The number of ether oxygens (including phenoxy) is 1. The van der Waals surface area contributed by atoms with Crippen molar-refractivity contribution in [2.45, 2.75) is 22.1 Å². The number of benzene rings is 3. The number of fused-ring (bicyclic) bond motifs is 1. The van der Waals surface area contributed by atoms with E-state index >= 15 is 0 Å². The minimum Gasteiger partial charge on any atom is -0.383 e. The highest BCUT2D eigenvalue weighted by molar-refractivity contribution is 8.01. The van der Waals surface area contributed by atoms with E-state index in [1.165, 1.54) is 11.8 Å². The first kappa shape index (κ1) is 25.7. The third-order valence-electron chi connectivity index (χ3n) is 6.46. The van der Waals surface area contributed by atoms with Gasteiger partial charge >= 0.3 is 0 Å². The summed E-state index contributed by atoms with van der Waals surface area (Å²) in [6, 6.07) is 21.8. The van der Waals surface area contributed by atoms with Gasteiger partial charge in [0, 0.05) is 56.9 Å². The van der Waals surface area contributed by atoms with Crippen molar-refractivity contribution in [3.63, 3.8) is 0 Å². The van der Waals surface area contributed by atoms with Crippen molar-refractivity contribution in [1.82, 2.24) is 10.3 Å². The highest BCUT2D eigenvalue weighted by Crippen LogP contribution is 2.55. The third kappa shape index (κ3) is 4.97. The molecular weight excluding hydrogens is 529 g/mol. The molecule has 3 aromatic carbocycles. The van der Waals surface area contributed by atoms with Gasteiger partial charge in [0.25, 0.3) is 0 Å². The first-order valence-electron chi connectivity index (χ1n) is 11.8. The summed E-state index contributed by atoms with van der Waals surface area (Å²) in [6.07, 6.45) is 1.87. The number of hydrogen-bond acceptors (Lipinski definition) is 4. The van der Waals surface area contributed by atoms with Crippen LogP contribution in [0.4, 0.5) is 5.69 Å². The number of halogens is 2. The smallest absolute Gasteiger partial charge is 0.239 e. The second kappa shape index (κ2) is 10.8. The Morgan fingerprint density at radius 1 is 1.11 bits per heavy atom. The number of rotatable bonds is 8. The average Bonchev–Trinajstić information content (AvgIpc) is 3.42. The number of H-pyrrole nitrogens is 1. The summed E-state index contributed by atoms with van der Waals surface area (Å²) in [7, 11) is 1.58. The van der Waals surface area contributed by atoms with Crippen LogP contribution in [0.5, 0.6) is 0 Å². The lowest BCUT2D eigenvalue weighted by molar-refractivity contribution is -0.125. The summed E-state index contributed by atoms with van der Waals surface area (Å²) in [6.45, 7) is 0.689. The molecule has 1 saturated heterocycles. The highest BCUT2D eigenvalue weighted by Gasteiger charge is 2.59. The number of carbonyl (C=O) groups excluding carboxylic acids is 2. The molecule has 9 heteroatoms. The minimum atomic E-state index is -1.18. The van der Waals surface area contributed by atoms with E-state index in [2.05, 4.69) is 10.3 Å². The van der Waals surface area contributed by atoms with Gasteiger partial charge in [0.1, 0.15) is 4.75 Å². The molecule has 37 heavy (non-hydrogen) atoms. The van der Waals surface area contributed by atoms with Crippen molar-refractivity contribution in [2.24, 2.45) is 0 Å². The first-order chi connectivity index (χ1) is 17.9. The number of anilines is 1. The molecule has 0 spiro atoms. The molecule has 5 rings (SSSR count). The van der Waals surface area contributed by atoms with Crippen LogP contribution in [0.15, 0.2) is 83.9 Å². The second-order valence-corrected chi connectivity index (χ2v) is 11.1. The normalized spacial score (nSPS) is 19.5. The Labute approximate surface area is 229 Å². The zero-order valence-corrected chi connectivity index (χ0v) is 22.4. The SMILES string of the molecule is COCCNC(=O)C1(Sc2ccccc2)CC(=O)N(c2cccc(Cl)c2)C1c1c[nH]c2cc(Cl)ccc12. The minimum absolute atomic E-state index is 0.00280. The first-order valence-corrected chi connectivity index (χ1v) is 13.4. The van der Waals surface area contributed by atoms with Gasteiger partial charge in [0.15, 0.2) is 0 Å². The molecule has 1 aliphatic heterocycles. The summed E-state index contributed by atoms with van der Waals surface area (Å²) < 4.78 is 3.99. The van der Waals surface area contributed by atoms with Crippen LogP contribution >= 0.6 is 35.0 Å². The van der Waals surface area contributed by atoms with Gasteiger partial charge in [0.2, 0.25) is 11.8 Å². The Hall–Kier alpha value is -2.97. The molecule has 2 amide bonds. The molecule has 0 bridgehead atoms. The monoisotopic (exact) mass is 553 g/mol. The molecule has 0 aliphatic carbocycles. The van der Waals surface area contributed by atoms with Gasteiger partial charge in [-0.15, -0.1) is 11.8 Å². The maximum Gasteiger partial charge on any atom is 0.239 e. The lowest BCUT2D eigenvalue weighted by Gasteiger charge is -2.36. The molecular formula is C28H25Cl2N3O3S. The maximum absolute atomic E-state index is 14.1. The zero-order chi connectivity index (χ0) is 26.0. The van der Waals surface area contributed by atoms with Crippen LogP contribution in [0.2, 0.25) is 10.0 Å². The van der Waals surface area contributed by atoms with Crippen LogP contribution in [0.1, 0.15) is 18.0 Å². The molecule has 2 heterocycles. The second-order valence-electron chi connectivity index (χ2n) is 8.81.